The van der Waals surface area contributed by atoms with Crippen LogP contribution in [0.15, 0.2) is 35.1 Å². The van der Waals surface area contributed by atoms with Crippen molar-refractivity contribution in [1.29, 1.82) is 0 Å². The molecule has 0 spiro atoms. The minimum Gasteiger partial charge on any atom is -0.398 e. The maximum absolute atomic E-state index is 11.5. The van der Waals surface area contributed by atoms with Gasteiger partial charge in [-0.25, -0.2) is 19.3 Å². The Bertz CT molecular complexity index is 819. The van der Waals surface area contributed by atoms with Gasteiger partial charge in [0.2, 0.25) is 0 Å². The van der Waals surface area contributed by atoms with Crippen molar-refractivity contribution in [3.63, 3.8) is 0 Å². The van der Waals surface area contributed by atoms with E-state index in [1.165, 1.54) is 4.40 Å². The topological polar surface area (TPSA) is 101 Å². The first-order chi connectivity index (χ1) is 9.65. The molecule has 0 aliphatic rings. The first kappa shape index (κ1) is 12.2. The maximum Gasteiger partial charge on any atom is 0.349 e. The molecule has 2 heterocycles. The molecule has 0 amide bonds. The largest absolute Gasteiger partial charge is 0.398 e. The van der Waals surface area contributed by atoms with E-state index in [9.17, 15) is 4.79 Å². The molecule has 0 aliphatic heterocycles. The predicted octanol–water partition coefficient (Wildman–Crippen LogP) is 0.920. The summed E-state index contributed by atoms with van der Waals surface area (Å²) in [5, 5.41) is 9.51. The Morgan fingerprint density at radius 2 is 2.20 bits per heavy atom. The number of H-pyrrole nitrogens is 1. The minimum absolute atomic E-state index is 0.288. The number of hydrogen-bond donors (Lipinski definition) is 3. The Hall–Kier alpha value is -2.83. The number of benzene rings is 1. The molecule has 0 unspecified atom stereocenters. The number of nitrogen functional groups attached to an aromatic ring is 1. The number of aromatic amines is 1. The molecule has 3 rings (SSSR count). The molecule has 7 nitrogen and oxygen atoms in total. The molecule has 0 fully saturated rings. The summed E-state index contributed by atoms with van der Waals surface area (Å²) in [6.45, 7) is 2.32. The second kappa shape index (κ2) is 4.69. The predicted molar refractivity (Wildman–Crippen MR) is 76.5 cm³/mol. The summed E-state index contributed by atoms with van der Waals surface area (Å²) < 4.78 is 1.42. The standard InChI is InChI=1S/C13H14N6O/c1-8-16-11(6-12-17-18-13(20)19(8)12)15-7-9-4-2-3-5-10(9)14/h2-6,15H,7,14H2,1H3,(H,18,20). The van der Waals surface area contributed by atoms with Crippen LogP contribution in [0.1, 0.15) is 11.4 Å². The second-order valence-corrected chi connectivity index (χ2v) is 4.46. The first-order valence-corrected chi connectivity index (χ1v) is 6.17. The fourth-order valence-corrected chi connectivity index (χ4v) is 2.07. The molecule has 7 heteroatoms. The number of anilines is 2. The molecule has 4 N–H and O–H groups in total. The molecule has 2 aromatic heterocycles. The van der Waals surface area contributed by atoms with Gasteiger partial charge in [0.25, 0.3) is 0 Å². The van der Waals surface area contributed by atoms with E-state index in [-0.39, 0.29) is 5.69 Å². The fraction of sp³-hybridized carbons (Fsp3) is 0.154. The molecule has 0 saturated carbocycles. The molecule has 20 heavy (non-hydrogen) atoms. The van der Waals surface area contributed by atoms with Gasteiger partial charge in [0.1, 0.15) is 11.6 Å². The molecule has 0 radical (unpaired) electrons. The van der Waals surface area contributed by atoms with Crippen LogP contribution in [0.3, 0.4) is 0 Å². The molecular weight excluding hydrogens is 256 g/mol. The number of nitrogens with one attached hydrogen (secondary N) is 2. The van der Waals surface area contributed by atoms with Gasteiger partial charge < -0.3 is 11.1 Å². The van der Waals surface area contributed by atoms with Gasteiger partial charge in [-0.3, -0.25) is 0 Å². The number of nitrogens with zero attached hydrogens (tertiary/aromatic N) is 3. The minimum atomic E-state index is -0.288. The quantitative estimate of drug-likeness (QED) is 0.614. The number of rotatable bonds is 3. The average Bonchev–Trinajstić information content (AvgIpc) is 2.80. The van der Waals surface area contributed by atoms with Crippen LogP contribution in [0, 0.1) is 6.92 Å². The van der Waals surface area contributed by atoms with Crippen LogP contribution in [0.5, 0.6) is 0 Å². The third-order valence-corrected chi connectivity index (χ3v) is 3.09. The van der Waals surface area contributed by atoms with Crippen LogP contribution in [0.25, 0.3) is 5.65 Å². The Morgan fingerprint density at radius 3 is 3.00 bits per heavy atom. The number of aryl methyl sites for hydroxylation is 1. The first-order valence-electron chi connectivity index (χ1n) is 6.17. The smallest absolute Gasteiger partial charge is 0.349 e. The highest BCUT2D eigenvalue weighted by Gasteiger charge is 2.07. The van der Waals surface area contributed by atoms with Gasteiger partial charge >= 0.3 is 5.69 Å². The van der Waals surface area contributed by atoms with Crippen LogP contribution in [-0.4, -0.2) is 19.6 Å². The van der Waals surface area contributed by atoms with Crippen molar-refractivity contribution in [2.45, 2.75) is 13.5 Å². The summed E-state index contributed by atoms with van der Waals surface area (Å²) in [6, 6.07) is 9.34. The van der Waals surface area contributed by atoms with Crippen LogP contribution in [0.2, 0.25) is 0 Å². The van der Waals surface area contributed by atoms with Crippen molar-refractivity contribution in [3.05, 3.63) is 52.2 Å². The summed E-state index contributed by atoms with van der Waals surface area (Å²) in [4.78, 5) is 15.8. The van der Waals surface area contributed by atoms with Crippen molar-refractivity contribution >= 4 is 17.2 Å². The van der Waals surface area contributed by atoms with Gasteiger partial charge in [-0.1, -0.05) is 18.2 Å². The zero-order valence-corrected chi connectivity index (χ0v) is 10.9. The lowest BCUT2D eigenvalue weighted by atomic mass is 10.2. The van der Waals surface area contributed by atoms with Gasteiger partial charge in [-0.2, -0.15) is 5.10 Å². The van der Waals surface area contributed by atoms with Gasteiger partial charge in [0, 0.05) is 18.3 Å². The molecule has 1 aromatic carbocycles. The normalized spacial score (nSPS) is 10.8. The Morgan fingerprint density at radius 1 is 1.40 bits per heavy atom. The summed E-state index contributed by atoms with van der Waals surface area (Å²) in [6.07, 6.45) is 0. The van der Waals surface area contributed by atoms with E-state index in [0.29, 0.717) is 23.8 Å². The van der Waals surface area contributed by atoms with Gasteiger partial charge in [0.05, 0.1) is 0 Å². The van der Waals surface area contributed by atoms with E-state index in [2.05, 4.69) is 20.5 Å². The third-order valence-electron chi connectivity index (χ3n) is 3.09. The zero-order valence-electron chi connectivity index (χ0n) is 10.9. The molecule has 102 valence electrons. The van der Waals surface area contributed by atoms with E-state index >= 15 is 0 Å². The fourth-order valence-electron chi connectivity index (χ4n) is 2.07. The summed E-state index contributed by atoms with van der Waals surface area (Å²) >= 11 is 0. The van der Waals surface area contributed by atoms with Crippen LogP contribution < -0.4 is 16.7 Å². The monoisotopic (exact) mass is 270 g/mol. The van der Waals surface area contributed by atoms with Crippen LogP contribution in [-0.2, 0) is 6.54 Å². The number of nitrogens with two attached hydrogens (primary N) is 1. The van der Waals surface area contributed by atoms with Gasteiger partial charge in [0.15, 0.2) is 5.65 Å². The highest BCUT2D eigenvalue weighted by Crippen LogP contribution is 2.14. The Kier molecular flexibility index (Phi) is 2.86. The number of hydrogen-bond acceptors (Lipinski definition) is 5. The highest BCUT2D eigenvalue weighted by molar-refractivity contribution is 5.52. The van der Waals surface area contributed by atoms with Crippen molar-refractivity contribution in [3.8, 4) is 0 Å². The summed E-state index contributed by atoms with van der Waals surface area (Å²) in [5.41, 5.74) is 7.85. The van der Waals surface area contributed by atoms with Crippen molar-refractivity contribution < 1.29 is 0 Å². The molecule has 0 aliphatic carbocycles. The lowest BCUT2D eigenvalue weighted by Crippen LogP contribution is -2.14. The Labute approximate surface area is 114 Å². The number of para-hydroxylation sites is 1. The summed E-state index contributed by atoms with van der Waals surface area (Å²) in [5.74, 6) is 1.22. The van der Waals surface area contributed by atoms with Crippen LogP contribution in [0.4, 0.5) is 11.5 Å². The van der Waals surface area contributed by atoms with Gasteiger partial charge in [-0.15, -0.1) is 0 Å². The SMILES string of the molecule is Cc1nc(NCc2ccccc2N)cc2n[nH]c(=O)n12. The zero-order chi connectivity index (χ0) is 14.1. The third kappa shape index (κ3) is 2.09. The van der Waals surface area contributed by atoms with E-state index in [1.807, 2.05) is 24.3 Å². The van der Waals surface area contributed by atoms with Gasteiger partial charge in [-0.05, 0) is 18.6 Å². The number of aromatic nitrogens is 4. The molecular formula is C13H14N6O. The van der Waals surface area contributed by atoms with E-state index in [4.69, 9.17) is 5.73 Å². The lowest BCUT2D eigenvalue weighted by Gasteiger charge is -2.09. The van der Waals surface area contributed by atoms with Crippen molar-refractivity contribution in [1.82, 2.24) is 19.6 Å². The van der Waals surface area contributed by atoms with E-state index < -0.39 is 0 Å². The van der Waals surface area contributed by atoms with Crippen molar-refractivity contribution in [2.75, 3.05) is 11.1 Å². The lowest BCUT2D eigenvalue weighted by molar-refractivity contribution is 0.931. The number of fused-ring (bicyclic) bond motifs is 1. The molecule has 0 atom stereocenters. The van der Waals surface area contributed by atoms with E-state index in [1.54, 1.807) is 13.0 Å². The second-order valence-electron chi connectivity index (χ2n) is 4.46. The maximum atomic E-state index is 11.5. The highest BCUT2D eigenvalue weighted by atomic mass is 16.1. The van der Waals surface area contributed by atoms with Crippen molar-refractivity contribution in [2.24, 2.45) is 0 Å². The molecule has 0 saturated heterocycles. The molecule has 0 bridgehead atoms. The van der Waals surface area contributed by atoms with E-state index in [0.717, 1.165) is 11.3 Å². The average molecular weight is 270 g/mol. The summed E-state index contributed by atoms with van der Waals surface area (Å²) in [7, 11) is 0. The van der Waals surface area contributed by atoms with Crippen LogP contribution >= 0.6 is 0 Å². The Balaban J connectivity index is 1.88. The molecule has 3 aromatic rings.